The Balaban J connectivity index is 4.51. The second kappa shape index (κ2) is 3.35. The summed E-state index contributed by atoms with van der Waals surface area (Å²) in [6.45, 7) is 13.5. The first-order valence-corrected chi connectivity index (χ1v) is 3.34. The van der Waals surface area contributed by atoms with Gasteiger partial charge in [0.2, 0.25) is 0 Å². The molecule has 0 saturated carbocycles. The lowest BCUT2D eigenvalue weighted by molar-refractivity contribution is 0.594. The van der Waals surface area contributed by atoms with Crippen LogP contribution >= 0.6 is 0 Å². The number of aliphatic imine (C=N–C) groups is 1. The van der Waals surface area contributed by atoms with Gasteiger partial charge in [0.15, 0.2) is 0 Å². The van der Waals surface area contributed by atoms with Crippen LogP contribution in [0.3, 0.4) is 0 Å². The van der Waals surface area contributed by atoms with E-state index in [0.29, 0.717) is 0 Å². The van der Waals surface area contributed by atoms with Crippen LogP contribution < -0.4 is 0 Å². The molecule has 56 valence electrons. The van der Waals surface area contributed by atoms with E-state index in [9.17, 15) is 0 Å². The molecule has 0 aromatic rings. The number of hydrogen-bond acceptors (Lipinski definition) is 1. The molecule has 0 rings (SSSR count). The van der Waals surface area contributed by atoms with Crippen molar-refractivity contribution in [2.75, 3.05) is 0 Å². The van der Waals surface area contributed by atoms with Crippen molar-refractivity contribution in [2.45, 2.75) is 20.8 Å². The Morgan fingerprint density at radius 3 is 1.90 bits per heavy atom. The monoisotopic (exact) mass is 137 g/mol. The highest BCUT2D eigenvalue weighted by atomic mass is 14.7. The quantitative estimate of drug-likeness (QED) is 0.519. The molecule has 0 saturated heterocycles. The molecular weight excluding hydrogens is 122 g/mol. The molecular formula is C9H15N. The fourth-order valence-electron chi connectivity index (χ4n) is 0.651. The maximum atomic E-state index is 4.08. The van der Waals surface area contributed by atoms with E-state index < -0.39 is 0 Å². The predicted molar refractivity (Wildman–Crippen MR) is 47.3 cm³/mol. The average Bonchev–Trinajstić information content (AvgIpc) is 1.80. The molecule has 0 aliphatic carbocycles. The second-order valence-electron chi connectivity index (χ2n) is 3.15. The summed E-state index contributed by atoms with van der Waals surface area (Å²) in [7, 11) is 0. The normalized spacial score (nSPS) is 12.9. The predicted octanol–water partition coefficient (Wildman–Crippen LogP) is 2.80. The zero-order chi connectivity index (χ0) is 8.20. The molecule has 1 nitrogen and oxygen atoms in total. The van der Waals surface area contributed by atoms with E-state index in [4.69, 9.17) is 0 Å². The number of rotatable bonds is 2. The van der Waals surface area contributed by atoms with Crippen molar-refractivity contribution in [1.82, 2.24) is 0 Å². The van der Waals surface area contributed by atoms with Crippen molar-refractivity contribution in [3.63, 3.8) is 0 Å². The number of hydrogen-bond donors (Lipinski definition) is 0. The van der Waals surface area contributed by atoms with Crippen molar-refractivity contribution >= 4 is 5.71 Å². The molecule has 0 aromatic heterocycles. The topological polar surface area (TPSA) is 12.4 Å². The molecule has 0 aliphatic rings. The lowest BCUT2D eigenvalue weighted by Crippen LogP contribution is -2.17. The van der Waals surface area contributed by atoms with Crippen molar-refractivity contribution in [3.05, 3.63) is 25.4 Å². The van der Waals surface area contributed by atoms with Gasteiger partial charge in [-0.25, -0.2) is 0 Å². The van der Waals surface area contributed by atoms with Crippen LogP contribution in [0.5, 0.6) is 0 Å². The summed E-state index contributed by atoms with van der Waals surface area (Å²) in [5, 5.41) is 0. The minimum atomic E-state index is 0.0793. The standard InChI is InChI=1S/C9H15N/c1-6-8(10-7-2)9(3,4)5/h6-7H,1-2H2,3-5H3. The Morgan fingerprint density at radius 1 is 1.30 bits per heavy atom. The van der Waals surface area contributed by atoms with Crippen LogP contribution in [0.2, 0.25) is 0 Å². The fraction of sp³-hybridized carbons (Fsp3) is 0.444. The van der Waals surface area contributed by atoms with Gasteiger partial charge in [-0.15, -0.1) is 0 Å². The summed E-state index contributed by atoms with van der Waals surface area (Å²) >= 11 is 0. The molecule has 0 amide bonds. The number of nitrogens with zero attached hydrogens (tertiary/aromatic N) is 1. The SMILES string of the molecule is C=CN=C(C=C)C(C)(C)C. The Kier molecular flexibility index (Phi) is 3.07. The summed E-state index contributed by atoms with van der Waals surface area (Å²) in [6, 6.07) is 0. The van der Waals surface area contributed by atoms with Crippen LogP contribution in [0.1, 0.15) is 20.8 Å². The fourth-order valence-corrected chi connectivity index (χ4v) is 0.651. The first kappa shape index (κ1) is 9.15. The van der Waals surface area contributed by atoms with E-state index in [-0.39, 0.29) is 5.41 Å². The van der Waals surface area contributed by atoms with E-state index >= 15 is 0 Å². The summed E-state index contributed by atoms with van der Waals surface area (Å²) < 4.78 is 0. The lowest BCUT2D eigenvalue weighted by atomic mass is 9.90. The lowest BCUT2D eigenvalue weighted by Gasteiger charge is -2.17. The van der Waals surface area contributed by atoms with Gasteiger partial charge in [0.25, 0.3) is 0 Å². The molecule has 0 aliphatic heterocycles. The van der Waals surface area contributed by atoms with Crippen LogP contribution in [0.15, 0.2) is 30.4 Å². The molecule has 0 spiro atoms. The first-order valence-electron chi connectivity index (χ1n) is 3.34. The third-order valence-electron chi connectivity index (χ3n) is 1.19. The van der Waals surface area contributed by atoms with Gasteiger partial charge < -0.3 is 0 Å². The molecule has 0 unspecified atom stereocenters. The Labute approximate surface area is 63.2 Å². The third kappa shape index (κ3) is 2.62. The molecule has 0 heterocycles. The minimum absolute atomic E-state index is 0.0793. The molecule has 0 radical (unpaired) electrons. The van der Waals surface area contributed by atoms with Crippen LogP contribution in [0.4, 0.5) is 0 Å². The van der Waals surface area contributed by atoms with Gasteiger partial charge in [0.05, 0.1) is 0 Å². The molecule has 0 fully saturated rings. The maximum absolute atomic E-state index is 4.08. The summed E-state index contributed by atoms with van der Waals surface area (Å²) in [6.07, 6.45) is 3.31. The highest BCUT2D eigenvalue weighted by Gasteiger charge is 2.14. The number of allylic oxidation sites excluding steroid dienone is 1. The van der Waals surface area contributed by atoms with Crippen LogP contribution in [-0.2, 0) is 0 Å². The largest absolute Gasteiger partial charge is 0.261 e. The molecule has 0 N–H and O–H groups in total. The van der Waals surface area contributed by atoms with Crippen molar-refractivity contribution in [3.8, 4) is 0 Å². The first-order chi connectivity index (χ1) is 4.52. The van der Waals surface area contributed by atoms with Crippen molar-refractivity contribution in [1.29, 1.82) is 0 Å². The van der Waals surface area contributed by atoms with E-state index in [1.807, 2.05) is 0 Å². The average molecular weight is 137 g/mol. The van der Waals surface area contributed by atoms with Gasteiger partial charge in [0.1, 0.15) is 0 Å². The van der Waals surface area contributed by atoms with E-state index in [2.05, 4.69) is 38.9 Å². The van der Waals surface area contributed by atoms with Crippen LogP contribution in [-0.4, -0.2) is 5.71 Å². The smallest absolute Gasteiger partial charge is 0.0450 e. The van der Waals surface area contributed by atoms with Crippen molar-refractivity contribution < 1.29 is 0 Å². The molecule has 0 aromatic carbocycles. The molecule has 0 bridgehead atoms. The zero-order valence-corrected chi connectivity index (χ0v) is 7.02. The van der Waals surface area contributed by atoms with Crippen LogP contribution in [0, 0.1) is 5.41 Å². The van der Waals surface area contributed by atoms with Gasteiger partial charge in [0, 0.05) is 17.3 Å². The third-order valence-corrected chi connectivity index (χ3v) is 1.19. The Morgan fingerprint density at radius 2 is 1.80 bits per heavy atom. The zero-order valence-electron chi connectivity index (χ0n) is 7.02. The highest BCUT2D eigenvalue weighted by Crippen LogP contribution is 2.16. The van der Waals surface area contributed by atoms with E-state index in [1.165, 1.54) is 0 Å². The summed E-state index contributed by atoms with van der Waals surface area (Å²) in [4.78, 5) is 4.08. The Bertz CT molecular complexity index is 158. The van der Waals surface area contributed by atoms with Gasteiger partial charge in [-0.3, -0.25) is 4.99 Å². The van der Waals surface area contributed by atoms with Crippen LogP contribution in [0.25, 0.3) is 0 Å². The highest BCUT2D eigenvalue weighted by molar-refractivity contribution is 5.98. The Hall–Kier alpha value is -0.850. The summed E-state index contributed by atoms with van der Waals surface area (Å²) in [5.74, 6) is 0. The summed E-state index contributed by atoms with van der Waals surface area (Å²) in [5.41, 5.74) is 1.05. The van der Waals surface area contributed by atoms with E-state index in [1.54, 1.807) is 12.3 Å². The second-order valence-corrected chi connectivity index (χ2v) is 3.15. The minimum Gasteiger partial charge on any atom is -0.261 e. The van der Waals surface area contributed by atoms with E-state index in [0.717, 1.165) is 5.71 Å². The van der Waals surface area contributed by atoms with Gasteiger partial charge in [-0.1, -0.05) is 33.9 Å². The van der Waals surface area contributed by atoms with Gasteiger partial charge >= 0.3 is 0 Å². The van der Waals surface area contributed by atoms with Crippen molar-refractivity contribution in [2.24, 2.45) is 10.4 Å². The van der Waals surface area contributed by atoms with Gasteiger partial charge in [-0.2, -0.15) is 0 Å². The molecule has 1 heteroatoms. The molecule has 10 heavy (non-hydrogen) atoms. The molecule has 0 atom stereocenters. The maximum Gasteiger partial charge on any atom is 0.0450 e. The van der Waals surface area contributed by atoms with Gasteiger partial charge in [-0.05, 0) is 6.08 Å².